The Morgan fingerprint density at radius 3 is 3.21 bits per heavy atom. The molecule has 3 heterocycles. The number of rotatable bonds is 1. The first-order valence-electron chi connectivity index (χ1n) is 6.38. The van der Waals surface area contributed by atoms with E-state index >= 15 is 0 Å². The molecule has 0 saturated carbocycles. The topological polar surface area (TPSA) is 68.8 Å². The lowest BCUT2D eigenvalue weighted by Gasteiger charge is -2.25. The molecular formula is C13H13N5O. The minimum absolute atomic E-state index is 0.283. The lowest BCUT2D eigenvalue weighted by molar-refractivity contribution is 0.154. The molecule has 96 valence electrons. The molecule has 1 N–H and O–H groups in total. The maximum absolute atomic E-state index is 9.61. The van der Waals surface area contributed by atoms with E-state index in [1.807, 2.05) is 24.7 Å². The number of hydrogen-bond acceptors (Lipinski definition) is 4. The van der Waals surface area contributed by atoms with Crippen molar-refractivity contribution in [3.63, 3.8) is 0 Å². The van der Waals surface area contributed by atoms with Crippen molar-refractivity contribution in [2.45, 2.75) is 25.3 Å². The van der Waals surface area contributed by atoms with Gasteiger partial charge in [0.25, 0.3) is 0 Å². The molecule has 0 radical (unpaired) electrons. The Bertz CT molecular complexity index is 744. The Morgan fingerprint density at radius 2 is 2.26 bits per heavy atom. The van der Waals surface area contributed by atoms with Crippen LogP contribution in [0.25, 0.3) is 11.0 Å². The van der Waals surface area contributed by atoms with Crippen LogP contribution < -0.4 is 0 Å². The van der Waals surface area contributed by atoms with Gasteiger partial charge in [0, 0.05) is 11.9 Å². The summed E-state index contributed by atoms with van der Waals surface area (Å²) >= 11 is 0. The van der Waals surface area contributed by atoms with E-state index in [9.17, 15) is 5.21 Å². The van der Waals surface area contributed by atoms with Gasteiger partial charge in [-0.15, -0.1) is 5.10 Å². The van der Waals surface area contributed by atoms with Crippen LogP contribution in [-0.2, 0) is 6.42 Å². The van der Waals surface area contributed by atoms with Gasteiger partial charge in [-0.1, -0.05) is 10.9 Å². The molecule has 1 unspecified atom stereocenters. The maximum atomic E-state index is 9.61. The smallest absolute Gasteiger partial charge is 0.131 e. The maximum Gasteiger partial charge on any atom is 0.131 e. The Labute approximate surface area is 109 Å². The molecule has 0 aliphatic carbocycles. The predicted octanol–water partition coefficient (Wildman–Crippen LogP) is 1.79. The minimum atomic E-state index is 0.283. The van der Waals surface area contributed by atoms with E-state index in [0.29, 0.717) is 11.0 Å². The van der Waals surface area contributed by atoms with Crippen molar-refractivity contribution < 1.29 is 5.21 Å². The third-order valence-electron chi connectivity index (χ3n) is 3.83. The first kappa shape index (κ1) is 10.5. The molecule has 0 fully saturated rings. The van der Waals surface area contributed by atoms with Gasteiger partial charge < -0.3 is 9.77 Å². The normalized spacial score (nSPS) is 18.6. The van der Waals surface area contributed by atoms with Crippen molar-refractivity contribution in [3.05, 3.63) is 42.0 Å². The average molecular weight is 255 g/mol. The van der Waals surface area contributed by atoms with Gasteiger partial charge in [-0.3, -0.25) is 0 Å². The summed E-state index contributed by atoms with van der Waals surface area (Å²) in [6, 6.07) is 6.19. The predicted molar refractivity (Wildman–Crippen MR) is 68.0 cm³/mol. The van der Waals surface area contributed by atoms with Gasteiger partial charge in [-0.05, 0) is 42.2 Å². The van der Waals surface area contributed by atoms with Crippen LogP contribution in [0, 0.1) is 0 Å². The molecule has 6 nitrogen and oxygen atoms in total. The average Bonchev–Trinajstić information content (AvgIpc) is 3.05. The Balaban J connectivity index is 1.85. The van der Waals surface area contributed by atoms with Crippen LogP contribution in [0.2, 0.25) is 0 Å². The number of hydrogen-bond donors (Lipinski definition) is 1. The summed E-state index contributed by atoms with van der Waals surface area (Å²) in [6.07, 6.45) is 7.14. The molecule has 1 atom stereocenters. The highest BCUT2D eigenvalue weighted by atomic mass is 16.5. The van der Waals surface area contributed by atoms with Gasteiger partial charge in [-0.25, -0.2) is 4.98 Å². The fraction of sp³-hybridized carbons (Fsp3) is 0.308. The molecular weight excluding hydrogens is 242 g/mol. The van der Waals surface area contributed by atoms with E-state index < -0.39 is 0 Å². The van der Waals surface area contributed by atoms with Gasteiger partial charge in [-0.2, -0.15) is 0 Å². The summed E-state index contributed by atoms with van der Waals surface area (Å²) in [5.74, 6) is 0. The first-order valence-corrected chi connectivity index (χ1v) is 6.38. The second kappa shape index (κ2) is 3.81. The standard InChI is InChI=1S/C13H13N5O/c19-18-13-6-9(4-5-11(13)15-16-18)12-3-1-2-10-7-14-8-17(10)12/h4-8,12,19H,1-3H2. The third kappa shape index (κ3) is 1.53. The molecule has 6 heteroatoms. The van der Waals surface area contributed by atoms with Gasteiger partial charge in [0.05, 0.1) is 12.4 Å². The largest absolute Gasteiger partial charge is 0.410 e. The van der Waals surface area contributed by atoms with Crippen LogP contribution in [0.15, 0.2) is 30.7 Å². The van der Waals surface area contributed by atoms with Crippen LogP contribution >= 0.6 is 0 Å². The van der Waals surface area contributed by atoms with E-state index in [1.165, 1.54) is 5.69 Å². The summed E-state index contributed by atoms with van der Waals surface area (Å²) in [5.41, 5.74) is 3.77. The molecule has 1 aliphatic heterocycles. The van der Waals surface area contributed by atoms with Crippen LogP contribution in [0.4, 0.5) is 0 Å². The lowest BCUT2D eigenvalue weighted by atomic mass is 9.96. The number of aromatic nitrogens is 5. The van der Waals surface area contributed by atoms with Crippen LogP contribution in [0.1, 0.15) is 30.1 Å². The second-order valence-electron chi connectivity index (χ2n) is 4.93. The van der Waals surface area contributed by atoms with Crippen molar-refractivity contribution in [3.8, 4) is 0 Å². The number of nitrogens with zero attached hydrogens (tertiary/aromatic N) is 5. The molecule has 4 rings (SSSR count). The SMILES string of the molecule is On1nnc2ccc(C3CCCc4cncn43)cc21. The number of benzene rings is 1. The quantitative estimate of drug-likeness (QED) is 0.673. The molecule has 0 saturated heterocycles. The second-order valence-corrected chi connectivity index (χ2v) is 4.93. The Morgan fingerprint density at radius 1 is 1.32 bits per heavy atom. The molecule has 1 aromatic carbocycles. The Hall–Kier alpha value is -2.37. The zero-order chi connectivity index (χ0) is 12.8. The van der Waals surface area contributed by atoms with Crippen molar-refractivity contribution in [1.82, 2.24) is 24.7 Å². The summed E-state index contributed by atoms with van der Waals surface area (Å²) in [5, 5.41) is 17.1. The van der Waals surface area contributed by atoms with Crippen LogP contribution in [-0.4, -0.2) is 29.9 Å². The number of aryl methyl sites for hydroxylation is 1. The molecule has 0 bridgehead atoms. The van der Waals surface area contributed by atoms with Gasteiger partial charge >= 0.3 is 0 Å². The zero-order valence-electron chi connectivity index (χ0n) is 10.3. The number of fused-ring (bicyclic) bond motifs is 2. The fourth-order valence-corrected chi connectivity index (χ4v) is 2.88. The van der Waals surface area contributed by atoms with E-state index in [2.05, 4.69) is 25.9 Å². The molecule has 1 aliphatic rings. The molecule has 0 amide bonds. The van der Waals surface area contributed by atoms with E-state index in [4.69, 9.17) is 0 Å². The van der Waals surface area contributed by atoms with Crippen molar-refractivity contribution in [2.75, 3.05) is 0 Å². The monoisotopic (exact) mass is 255 g/mol. The first-order chi connectivity index (χ1) is 9.33. The molecule has 0 spiro atoms. The molecule has 2 aromatic heterocycles. The highest BCUT2D eigenvalue weighted by Gasteiger charge is 2.21. The fourth-order valence-electron chi connectivity index (χ4n) is 2.88. The summed E-state index contributed by atoms with van der Waals surface area (Å²) in [4.78, 5) is 5.06. The van der Waals surface area contributed by atoms with E-state index in [1.54, 1.807) is 0 Å². The minimum Gasteiger partial charge on any atom is -0.410 e. The lowest BCUT2D eigenvalue weighted by Crippen LogP contribution is -2.17. The molecule has 3 aromatic rings. The highest BCUT2D eigenvalue weighted by molar-refractivity contribution is 5.74. The van der Waals surface area contributed by atoms with Crippen molar-refractivity contribution in [1.29, 1.82) is 0 Å². The summed E-state index contributed by atoms with van der Waals surface area (Å²) in [6.45, 7) is 0. The summed E-state index contributed by atoms with van der Waals surface area (Å²) < 4.78 is 2.22. The molecule has 19 heavy (non-hydrogen) atoms. The summed E-state index contributed by atoms with van der Waals surface area (Å²) in [7, 11) is 0. The van der Waals surface area contributed by atoms with E-state index in [0.717, 1.165) is 29.7 Å². The van der Waals surface area contributed by atoms with Gasteiger partial charge in [0.15, 0.2) is 0 Å². The van der Waals surface area contributed by atoms with Crippen LogP contribution in [0.3, 0.4) is 0 Å². The van der Waals surface area contributed by atoms with Gasteiger partial charge in [0.2, 0.25) is 0 Å². The van der Waals surface area contributed by atoms with Crippen LogP contribution in [0.5, 0.6) is 0 Å². The van der Waals surface area contributed by atoms with Crippen molar-refractivity contribution >= 4 is 11.0 Å². The van der Waals surface area contributed by atoms with Gasteiger partial charge in [0.1, 0.15) is 11.0 Å². The Kier molecular flexibility index (Phi) is 2.11. The third-order valence-corrected chi connectivity index (χ3v) is 3.83. The number of imidazole rings is 1. The highest BCUT2D eigenvalue weighted by Crippen LogP contribution is 2.31. The van der Waals surface area contributed by atoms with Crippen molar-refractivity contribution in [2.24, 2.45) is 0 Å². The van der Waals surface area contributed by atoms with E-state index in [-0.39, 0.29) is 6.04 Å². The zero-order valence-corrected chi connectivity index (χ0v) is 10.3.